The van der Waals surface area contributed by atoms with E-state index < -0.39 is 0 Å². The van der Waals surface area contributed by atoms with Crippen LogP contribution >= 0.6 is 17.0 Å². The fourth-order valence-electron chi connectivity index (χ4n) is 3.74. The van der Waals surface area contributed by atoms with Crippen molar-refractivity contribution in [1.29, 1.82) is 0 Å². The molecule has 1 unspecified atom stereocenters. The highest BCUT2D eigenvalue weighted by molar-refractivity contribution is 8.93. The Hall–Kier alpha value is -2.04. The molecule has 0 bridgehead atoms. The molecule has 1 aliphatic heterocycles. The minimum atomic E-state index is -0.0346. The van der Waals surface area contributed by atoms with Crippen molar-refractivity contribution >= 4 is 27.8 Å². The Labute approximate surface area is 158 Å². The Bertz CT molecular complexity index is 889. The van der Waals surface area contributed by atoms with Gasteiger partial charge in [0.2, 0.25) is 0 Å². The lowest BCUT2D eigenvalue weighted by molar-refractivity contribution is 0.397. The van der Waals surface area contributed by atoms with Crippen LogP contribution < -0.4 is 5.32 Å². The molecule has 25 heavy (non-hydrogen) atoms. The molecular weight excluding hydrogens is 378 g/mol. The van der Waals surface area contributed by atoms with Crippen LogP contribution in [-0.2, 0) is 12.8 Å². The molecule has 0 fully saturated rings. The molecular formula is C21H22BrNO2. The molecule has 4 rings (SSSR count). The summed E-state index contributed by atoms with van der Waals surface area (Å²) in [7, 11) is 0. The summed E-state index contributed by atoms with van der Waals surface area (Å²) in [6, 6.07) is 18.6. The molecule has 1 atom stereocenters. The molecule has 3 N–H and O–H groups in total. The molecule has 3 aromatic carbocycles. The van der Waals surface area contributed by atoms with Crippen molar-refractivity contribution < 1.29 is 10.2 Å². The monoisotopic (exact) mass is 399 g/mol. The predicted octanol–water partition coefficient (Wildman–Crippen LogP) is 4.65. The van der Waals surface area contributed by atoms with Gasteiger partial charge >= 0.3 is 0 Å². The molecule has 3 aromatic rings. The number of fused-ring (bicyclic) bond motifs is 2. The highest BCUT2D eigenvalue weighted by Gasteiger charge is 2.21. The molecule has 0 saturated carbocycles. The summed E-state index contributed by atoms with van der Waals surface area (Å²) in [6.07, 6.45) is 2.82. The lowest BCUT2D eigenvalue weighted by Crippen LogP contribution is -2.30. The van der Waals surface area contributed by atoms with Crippen molar-refractivity contribution in [3.05, 3.63) is 71.3 Å². The maximum atomic E-state index is 9.84. The van der Waals surface area contributed by atoms with Crippen LogP contribution in [0.4, 0.5) is 0 Å². The second kappa shape index (κ2) is 7.46. The Morgan fingerprint density at radius 3 is 2.60 bits per heavy atom. The highest BCUT2D eigenvalue weighted by Crippen LogP contribution is 2.35. The van der Waals surface area contributed by atoms with E-state index in [0.29, 0.717) is 0 Å². The Kier molecular flexibility index (Phi) is 5.30. The smallest absolute Gasteiger partial charge is 0.157 e. The van der Waals surface area contributed by atoms with Crippen molar-refractivity contribution in [1.82, 2.24) is 5.32 Å². The Balaban J connectivity index is 0.00000182. The highest BCUT2D eigenvalue weighted by atomic mass is 79.9. The van der Waals surface area contributed by atoms with Crippen molar-refractivity contribution in [2.75, 3.05) is 6.54 Å². The van der Waals surface area contributed by atoms with E-state index in [2.05, 4.69) is 47.8 Å². The second-order valence-corrected chi connectivity index (χ2v) is 6.47. The van der Waals surface area contributed by atoms with Crippen LogP contribution in [0.2, 0.25) is 0 Å². The van der Waals surface area contributed by atoms with Crippen LogP contribution in [-0.4, -0.2) is 16.8 Å². The molecule has 0 aromatic heterocycles. The van der Waals surface area contributed by atoms with E-state index in [9.17, 15) is 10.2 Å². The van der Waals surface area contributed by atoms with E-state index in [0.717, 1.165) is 36.9 Å². The fourth-order valence-corrected chi connectivity index (χ4v) is 3.74. The second-order valence-electron chi connectivity index (χ2n) is 6.47. The lowest BCUT2D eigenvalue weighted by Gasteiger charge is -2.27. The van der Waals surface area contributed by atoms with Crippen molar-refractivity contribution in [3.63, 3.8) is 0 Å². The number of rotatable bonds is 3. The maximum Gasteiger partial charge on any atom is 0.157 e. The molecule has 3 nitrogen and oxygen atoms in total. The van der Waals surface area contributed by atoms with Gasteiger partial charge in [0, 0.05) is 6.04 Å². The van der Waals surface area contributed by atoms with E-state index in [1.165, 1.54) is 16.3 Å². The first-order valence-corrected chi connectivity index (χ1v) is 8.47. The number of phenolic OH excluding ortho intramolecular Hbond substituents is 2. The summed E-state index contributed by atoms with van der Waals surface area (Å²) in [4.78, 5) is 0. The van der Waals surface area contributed by atoms with Crippen molar-refractivity contribution in [2.24, 2.45) is 0 Å². The first-order chi connectivity index (χ1) is 11.7. The zero-order valence-electron chi connectivity index (χ0n) is 13.9. The van der Waals surface area contributed by atoms with Crippen LogP contribution in [0, 0.1) is 0 Å². The summed E-state index contributed by atoms with van der Waals surface area (Å²) in [6.45, 7) is 0.900. The third-order valence-electron chi connectivity index (χ3n) is 4.98. The molecule has 0 radical (unpaired) electrons. The summed E-state index contributed by atoms with van der Waals surface area (Å²) in [5.41, 5.74) is 3.59. The van der Waals surface area contributed by atoms with Gasteiger partial charge in [0.15, 0.2) is 11.5 Å². The summed E-state index contributed by atoms with van der Waals surface area (Å²) >= 11 is 0. The summed E-state index contributed by atoms with van der Waals surface area (Å²) in [5.74, 6) is -0.0592. The normalized spacial score (nSPS) is 16.2. The number of aryl methyl sites for hydroxylation is 1. The first-order valence-electron chi connectivity index (χ1n) is 8.47. The number of phenols is 2. The van der Waals surface area contributed by atoms with Gasteiger partial charge in [-0.3, -0.25) is 0 Å². The third-order valence-corrected chi connectivity index (χ3v) is 4.98. The van der Waals surface area contributed by atoms with Gasteiger partial charge in [-0.2, -0.15) is 0 Å². The van der Waals surface area contributed by atoms with Crippen LogP contribution in [0.3, 0.4) is 0 Å². The summed E-state index contributed by atoms with van der Waals surface area (Å²) < 4.78 is 0. The average molecular weight is 400 g/mol. The Morgan fingerprint density at radius 2 is 1.72 bits per heavy atom. The van der Waals surface area contributed by atoms with Crippen LogP contribution in [0.5, 0.6) is 11.5 Å². The number of hydrogen-bond acceptors (Lipinski definition) is 3. The number of benzene rings is 3. The average Bonchev–Trinajstić information content (AvgIpc) is 2.61. The van der Waals surface area contributed by atoms with E-state index >= 15 is 0 Å². The maximum absolute atomic E-state index is 9.84. The van der Waals surface area contributed by atoms with Gasteiger partial charge in [-0.05, 0) is 65.4 Å². The standard InChI is InChI=1S/C21H21NO2.BrH/c23-20-12-16-10-11-22-19(18(16)13-21(20)24)9-8-15-6-3-5-14-4-1-2-7-17(14)15;/h1-7,12-13,19,22-24H,8-11H2;1H. The molecule has 4 heteroatoms. The molecule has 0 aliphatic carbocycles. The number of nitrogens with one attached hydrogen (secondary N) is 1. The zero-order valence-corrected chi connectivity index (χ0v) is 15.6. The molecule has 1 heterocycles. The topological polar surface area (TPSA) is 52.5 Å². The largest absolute Gasteiger partial charge is 0.504 e. The predicted molar refractivity (Wildman–Crippen MR) is 107 cm³/mol. The fraction of sp³-hybridized carbons (Fsp3) is 0.238. The van der Waals surface area contributed by atoms with Gasteiger partial charge in [-0.25, -0.2) is 0 Å². The first kappa shape index (κ1) is 17.8. The van der Waals surface area contributed by atoms with Gasteiger partial charge in [0.05, 0.1) is 0 Å². The molecule has 1 aliphatic rings. The van der Waals surface area contributed by atoms with Gasteiger partial charge in [0.1, 0.15) is 0 Å². The quantitative estimate of drug-likeness (QED) is 0.561. The molecule has 130 valence electrons. The van der Waals surface area contributed by atoms with Gasteiger partial charge in [0.25, 0.3) is 0 Å². The summed E-state index contributed by atoms with van der Waals surface area (Å²) in [5, 5.41) is 25.7. The van der Waals surface area contributed by atoms with E-state index in [1.54, 1.807) is 12.1 Å². The Morgan fingerprint density at radius 1 is 0.960 bits per heavy atom. The van der Waals surface area contributed by atoms with Crippen molar-refractivity contribution in [2.45, 2.75) is 25.3 Å². The third kappa shape index (κ3) is 3.51. The van der Waals surface area contributed by atoms with Crippen LogP contribution in [0.1, 0.15) is 29.2 Å². The number of halogens is 1. The van der Waals surface area contributed by atoms with Gasteiger partial charge < -0.3 is 15.5 Å². The lowest BCUT2D eigenvalue weighted by atomic mass is 9.89. The van der Waals surface area contributed by atoms with Crippen molar-refractivity contribution in [3.8, 4) is 11.5 Å². The minimum absolute atomic E-state index is 0. The van der Waals surface area contributed by atoms with E-state index in [4.69, 9.17) is 0 Å². The van der Waals surface area contributed by atoms with E-state index in [-0.39, 0.29) is 34.5 Å². The number of aromatic hydroxyl groups is 2. The van der Waals surface area contributed by atoms with Crippen LogP contribution in [0.25, 0.3) is 10.8 Å². The molecule has 0 amide bonds. The molecule has 0 saturated heterocycles. The zero-order chi connectivity index (χ0) is 16.5. The van der Waals surface area contributed by atoms with Crippen LogP contribution in [0.15, 0.2) is 54.6 Å². The van der Waals surface area contributed by atoms with E-state index in [1.807, 2.05) is 0 Å². The minimum Gasteiger partial charge on any atom is -0.504 e. The SMILES string of the molecule is Br.Oc1cc2c(cc1O)C(CCc1cccc3ccccc13)NCC2. The number of hydrogen-bond donors (Lipinski definition) is 3. The van der Waals surface area contributed by atoms with Gasteiger partial charge in [-0.1, -0.05) is 42.5 Å². The van der Waals surface area contributed by atoms with Gasteiger partial charge in [-0.15, -0.1) is 17.0 Å². The molecule has 0 spiro atoms.